The van der Waals surface area contributed by atoms with Crippen LogP contribution < -0.4 is 0 Å². The number of esters is 1. The monoisotopic (exact) mass is 199 g/mol. The van der Waals surface area contributed by atoms with Crippen molar-refractivity contribution in [3.8, 4) is 0 Å². The molecule has 0 amide bonds. The van der Waals surface area contributed by atoms with E-state index in [0.29, 0.717) is 19.4 Å². The van der Waals surface area contributed by atoms with Gasteiger partial charge in [-0.3, -0.25) is 9.59 Å². The lowest BCUT2D eigenvalue weighted by Crippen LogP contribution is -2.05. The van der Waals surface area contributed by atoms with Gasteiger partial charge in [0, 0.05) is 12.8 Å². The van der Waals surface area contributed by atoms with E-state index < -0.39 is 0 Å². The van der Waals surface area contributed by atoms with Crippen LogP contribution in [-0.4, -0.2) is 18.9 Å². The molecule has 0 rings (SSSR count). The molecule has 0 N–H and O–H groups in total. The number of hydrogen-bond donors (Lipinski definition) is 0. The van der Waals surface area contributed by atoms with Gasteiger partial charge in [0.05, 0.1) is 6.61 Å². The first-order valence-electron chi connectivity index (χ1n) is 5.32. The van der Waals surface area contributed by atoms with Gasteiger partial charge in [-0.25, -0.2) is 0 Å². The van der Waals surface area contributed by atoms with E-state index >= 15 is 0 Å². The van der Waals surface area contributed by atoms with Gasteiger partial charge in [0.25, 0.3) is 0 Å². The van der Waals surface area contributed by atoms with Crippen LogP contribution in [0.4, 0.5) is 0 Å². The summed E-state index contributed by atoms with van der Waals surface area (Å²) in [6.45, 7) is 2.54. The second-order valence-corrected chi connectivity index (χ2v) is 3.28. The van der Waals surface area contributed by atoms with Crippen LogP contribution in [0.3, 0.4) is 0 Å². The van der Waals surface area contributed by atoms with Gasteiger partial charge in [0.15, 0.2) is 6.29 Å². The molecule has 3 heteroatoms. The highest BCUT2D eigenvalue weighted by molar-refractivity contribution is 5.69. The van der Waals surface area contributed by atoms with Gasteiger partial charge in [0.1, 0.15) is 0 Å². The molecule has 0 aromatic carbocycles. The number of ether oxygens (including phenoxy) is 1. The van der Waals surface area contributed by atoms with E-state index in [1.165, 1.54) is 0 Å². The van der Waals surface area contributed by atoms with Gasteiger partial charge >= 0.3 is 5.97 Å². The highest BCUT2D eigenvalue weighted by Gasteiger charge is 2.01. The number of unbranched alkanes of at least 4 members (excludes halogenated alkanes) is 4. The summed E-state index contributed by atoms with van der Waals surface area (Å²) in [5.74, 6) is -0.117. The summed E-state index contributed by atoms with van der Waals surface area (Å²) >= 11 is 0. The summed E-state index contributed by atoms with van der Waals surface area (Å²) in [5, 5.41) is 0. The standard InChI is InChI=1S/C11H19O3/c1-2-3-5-8-11(13)14-10-7-4-6-9-12/h2-8,10H2,1H3. The number of carbonyl (C=O) groups is 1. The van der Waals surface area contributed by atoms with Crippen LogP contribution in [0.5, 0.6) is 0 Å². The summed E-state index contributed by atoms with van der Waals surface area (Å²) in [5.41, 5.74) is 0. The Morgan fingerprint density at radius 2 is 2.00 bits per heavy atom. The molecule has 0 spiro atoms. The normalized spacial score (nSPS) is 9.79. The molecule has 81 valence electrons. The Bertz CT molecular complexity index is 155. The lowest BCUT2D eigenvalue weighted by Gasteiger charge is -2.03. The van der Waals surface area contributed by atoms with E-state index in [-0.39, 0.29) is 5.97 Å². The van der Waals surface area contributed by atoms with E-state index in [4.69, 9.17) is 4.74 Å². The highest BCUT2D eigenvalue weighted by Crippen LogP contribution is 2.01. The zero-order chi connectivity index (χ0) is 10.6. The molecule has 3 nitrogen and oxygen atoms in total. The van der Waals surface area contributed by atoms with E-state index in [2.05, 4.69) is 6.92 Å². The lowest BCUT2D eigenvalue weighted by atomic mass is 10.2. The zero-order valence-electron chi connectivity index (χ0n) is 8.88. The molecule has 0 aliphatic rings. The predicted octanol–water partition coefficient (Wildman–Crippen LogP) is 2.39. The fourth-order valence-corrected chi connectivity index (χ4v) is 1.08. The second kappa shape index (κ2) is 10.2. The molecule has 0 aromatic rings. The zero-order valence-corrected chi connectivity index (χ0v) is 8.88. The summed E-state index contributed by atoms with van der Waals surface area (Å²) < 4.78 is 4.97. The molecule has 0 heterocycles. The Morgan fingerprint density at radius 1 is 1.21 bits per heavy atom. The van der Waals surface area contributed by atoms with Gasteiger partial charge < -0.3 is 4.74 Å². The lowest BCUT2D eigenvalue weighted by molar-refractivity contribution is -0.143. The predicted molar refractivity (Wildman–Crippen MR) is 54.6 cm³/mol. The summed E-state index contributed by atoms with van der Waals surface area (Å²) in [4.78, 5) is 20.9. The molecule has 0 bridgehead atoms. The Hall–Kier alpha value is -0.860. The van der Waals surface area contributed by atoms with Crippen molar-refractivity contribution in [2.24, 2.45) is 0 Å². The molecule has 0 aliphatic carbocycles. The van der Waals surface area contributed by atoms with Crippen LogP contribution in [-0.2, 0) is 14.3 Å². The van der Waals surface area contributed by atoms with Gasteiger partial charge in [-0.2, -0.15) is 0 Å². The molecular weight excluding hydrogens is 180 g/mol. The van der Waals surface area contributed by atoms with Crippen LogP contribution in [0.15, 0.2) is 0 Å². The quantitative estimate of drug-likeness (QED) is 0.423. The van der Waals surface area contributed by atoms with Crippen molar-refractivity contribution < 1.29 is 14.3 Å². The maximum atomic E-state index is 11.1. The van der Waals surface area contributed by atoms with Crippen LogP contribution >= 0.6 is 0 Å². The topological polar surface area (TPSA) is 43.4 Å². The molecule has 0 aliphatic heterocycles. The van der Waals surface area contributed by atoms with Crippen molar-refractivity contribution in [1.29, 1.82) is 0 Å². The summed E-state index contributed by atoms with van der Waals surface area (Å²) in [6, 6.07) is 0. The molecule has 14 heavy (non-hydrogen) atoms. The molecule has 0 aromatic heterocycles. The minimum atomic E-state index is -0.117. The van der Waals surface area contributed by atoms with E-state index in [1.54, 1.807) is 0 Å². The van der Waals surface area contributed by atoms with Crippen molar-refractivity contribution >= 4 is 12.3 Å². The SMILES string of the molecule is CCCCCC(=O)OCCCC[C]=O. The van der Waals surface area contributed by atoms with Crippen molar-refractivity contribution in [3.63, 3.8) is 0 Å². The van der Waals surface area contributed by atoms with Crippen molar-refractivity contribution in [3.05, 3.63) is 0 Å². The van der Waals surface area contributed by atoms with Crippen molar-refractivity contribution in [2.45, 2.75) is 51.9 Å². The van der Waals surface area contributed by atoms with Crippen LogP contribution in [0, 0.1) is 0 Å². The van der Waals surface area contributed by atoms with Gasteiger partial charge in [0.2, 0.25) is 0 Å². The Balaban J connectivity index is 3.14. The maximum Gasteiger partial charge on any atom is 0.305 e. The van der Waals surface area contributed by atoms with Crippen molar-refractivity contribution in [1.82, 2.24) is 0 Å². The van der Waals surface area contributed by atoms with E-state index in [1.807, 2.05) is 6.29 Å². The van der Waals surface area contributed by atoms with Crippen LogP contribution in [0.25, 0.3) is 0 Å². The van der Waals surface area contributed by atoms with E-state index in [9.17, 15) is 9.59 Å². The number of hydrogen-bond acceptors (Lipinski definition) is 3. The fraction of sp³-hybridized carbons (Fsp3) is 0.818. The average Bonchev–Trinajstić information content (AvgIpc) is 2.18. The highest BCUT2D eigenvalue weighted by atomic mass is 16.5. The molecule has 0 atom stereocenters. The van der Waals surface area contributed by atoms with Gasteiger partial charge in [-0.1, -0.05) is 19.8 Å². The first-order valence-corrected chi connectivity index (χ1v) is 5.32. The first-order chi connectivity index (χ1) is 6.81. The Labute approximate surface area is 85.8 Å². The van der Waals surface area contributed by atoms with Crippen molar-refractivity contribution in [2.75, 3.05) is 6.61 Å². The summed E-state index contributed by atoms with van der Waals surface area (Å²) in [7, 11) is 0. The molecule has 0 unspecified atom stereocenters. The fourth-order valence-electron chi connectivity index (χ4n) is 1.08. The van der Waals surface area contributed by atoms with Gasteiger partial charge in [-0.15, -0.1) is 0 Å². The molecule has 0 fully saturated rings. The third kappa shape index (κ3) is 9.23. The van der Waals surface area contributed by atoms with Crippen LogP contribution in [0.1, 0.15) is 51.9 Å². The Morgan fingerprint density at radius 3 is 2.64 bits per heavy atom. The maximum absolute atomic E-state index is 11.1. The first kappa shape index (κ1) is 13.1. The molecular formula is C11H19O3. The smallest absolute Gasteiger partial charge is 0.305 e. The number of carbonyl (C=O) groups excluding carboxylic acids is 2. The summed E-state index contributed by atoms with van der Waals surface area (Å²) in [6.07, 6.45) is 7.39. The molecule has 0 saturated carbocycles. The molecule has 1 radical (unpaired) electrons. The second-order valence-electron chi connectivity index (χ2n) is 3.28. The van der Waals surface area contributed by atoms with E-state index in [0.717, 1.165) is 32.1 Å². The van der Waals surface area contributed by atoms with Crippen LogP contribution in [0.2, 0.25) is 0 Å². The minimum Gasteiger partial charge on any atom is -0.466 e. The number of rotatable bonds is 9. The third-order valence-electron chi connectivity index (χ3n) is 1.92. The Kier molecular flexibility index (Phi) is 9.59. The largest absolute Gasteiger partial charge is 0.466 e. The minimum absolute atomic E-state index is 0.117. The third-order valence-corrected chi connectivity index (χ3v) is 1.92. The molecule has 0 saturated heterocycles. The average molecular weight is 199 g/mol. The van der Waals surface area contributed by atoms with Gasteiger partial charge in [-0.05, 0) is 19.3 Å².